The highest BCUT2D eigenvalue weighted by Gasteiger charge is 2.53. The first-order chi connectivity index (χ1) is 11.6. The van der Waals surface area contributed by atoms with E-state index in [4.69, 9.17) is 10.5 Å². The lowest BCUT2D eigenvalue weighted by Crippen LogP contribution is -2.23. The fourth-order valence-corrected chi connectivity index (χ4v) is 2.91. The van der Waals surface area contributed by atoms with Gasteiger partial charge in [-0.05, 0) is 18.2 Å². The van der Waals surface area contributed by atoms with Gasteiger partial charge in [0.15, 0.2) is 0 Å². The van der Waals surface area contributed by atoms with Gasteiger partial charge in [0.2, 0.25) is 0 Å². The summed E-state index contributed by atoms with van der Waals surface area (Å²) >= 11 is 0. The molecule has 1 aliphatic carbocycles. The normalized spacial score (nSPS) is 18.5. The molecule has 1 N–H and O–H groups in total. The van der Waals surface area contributed by atoms with Crippen LogP contribution < -0.4 is 0 Å². The van der Waals surface area contributed by atoms with Crippen molar-refractivity contribution in [2.45, 2.75) is 24.6 Å². The Balaban J connectivity index is 2.26. The summed E-state index contributed by atoms with van der Waals surface area (Å²) < 4.78 is 68.0. The van der Waals surface area contributed by atoms with E-state index in [1.54, 1.807) is 12.1 Å². The summed E-state index contributed by atoms with van der Waals surface area (Å²) in [4.78, 5) is 0. The van der Waals surface area contributed by atoms with Crippen molar-refractivity contribution in [3.63, 3.8) is 0 Å². The Hall–Kier alpha value is -2.91. The molecule has 3 rings (SSSR count). The molecule has 0 saturated carbocycles. The van der Waals surface area contributed by atoms with E-state index in [1.165, 1.54) is 12.1 Å². The van der Waals surface area contributed by atoms with Crippen molar-refractivity contribution in [1.29, 1.82) is 10.5 Å². The van der Waals surface area contributed by atoms with Gasteiger partial charge in [-0.1, -0.05) is 0 Å². The Morgan fingerprint density at radius 3 is 2.36 bits per heavy atom. The van der Waals surface area contributed by atoms with Crippen molar-refractivity contribution in [2.24, 2.45) is 0 Å². The Labute approximate surface area is 137 Å². The number of fused-ring (bicyclic) bond motifs is 1. The Morgan fingerprint density at radius 2 is 1.80 bits per heavy atom. The quantitative estimate of drug-likeness (QED) is 0.798. The van der Waals surface area contributed by atoms with Gasteiger partial charge in [0.05, 0.1) is 23.1 Å². The number of rotatable bonds is 1. The summed E-state index contributed by atoms with van der Waals surface area (Å²) in [5, 5.41) is 27.6. The first-order valence-electron chi connectivity index (χ1n) is 6.92. The van der Waals surface area contributed by atoms with Crippen LogP contribution in [0.15, 0.2) is 24.4 Å². The first-order valence-corrected chi connectivity index (χ1v) is 6.92. The number of aliphatic hydroxyl groups excluding tert-OH is 1. The number of benzene rings is 1. The fraction of sp³-hybridized carbons (Fsp3) is 0.250. The number of halogens is 5. The highest BCUT2D eigenvalue weighted by atomic mass is 19.4. The molecule has 0 spiro atoms. The first kappa shape index (κ1) is 16.9. The van der Waals surface area contributed by atoms with Crippen LogP contribution in [-0.4, -0.2) is 15.6 Å². The maximum absolute atomic E-state index is 13.8. The molecule has 1 atom stereocenters. The van der Waals surface area contributed by atoms with Crippen molar-refractivity contribution in [1.82, 2.24) is 4.57 Å². The molecule has 1 heterocycles. The van der Waals surface area contributed by atoms with Gasteiger partial charge in [0.1, 0.15) is 18.2 Å². The number of aliphatic hydroxyl groups is 1. The number of aromatic nitrogens is 1. The summed E-state index contributed by atoms with van der Waals surface area (Å²) in [6.45, 7) is 0. The lowest BCUT2D eigenvalue weighted by molar-refractivity contribution is -0.142. The van der Waals surface area contributed by atoms with Crippen LogP contribution >= 0.6 is 0 Å². The van der Waals surface area contributed by atoms with Gasteiger partial charge in [-0.2, -0.15) is 23.7 Å². The molecule has 128 valence electrons. The minimum atomic E-state index is -4.93. The van der Waals surface area contributed by atoms with E-state index >= 15 is 0 Å². The van der Waals surface area contributed by atoms with Crippen LogP contribution in [0.3, 0.4) is 0 Å². The van der Waals surface area contributed by atoms with E-state index in [9.17, 15) is 27.1 Å². The van der Waals surface area contributed by atoms with Crippen molar-refractivity contribution in [3.05, 3.63) is 52.3 Å². The van der Waals surface area contributed by atoms with E-state index in [0.29, 0.717) is 6.20 Å². The van der Waals surface area contributed by atoms with Crippen LogP contribution in [-0.2, 0) is 12.6 Å². The molecular formula is C16H8F5N3O. The summed E-state index contributed by atoms with van der Waals surface area (Å²) in [6.07, 6.45) is -7.94. The minimum Gasteiger partial charge on any atom is -0.382 e. The average Bonchev–Trinajstić information content (AvgIpc) is 3.01. The van der Waals surface area contributed by atoms with Gasteiger partial charge in [-0.15, -0.1) is 0 Å². The van der Waals surface area contributed by atoms with Crippen molar-refractivity contribution >= 4 is 0 Å². The molecule has 9 heteroatoms. The monoisotopic (exact) mass is 353 g/mol. The molecule has 4 nitrogen and oxygen atoms in total. The van der Waals surface area contributed by atoms with Gasteiger partial charge in [0, 0.05) is 23.1 Å². The predicted molar refractivity (Wildman–Crippen MR) is 73.8 cm³/mol. The number of nitrogens with zero attached hydrogens (tertiary/aromatic N) is 3. The molecular weight excluding hydrogens is 345 g/mol. The van der Waals surface area contributed by atoms with Gasteiger partial charge in [-0.25, -0.2) is 8.78 Å². The Morgan fingerprint density at radius 1 is 1.16 bits per heavy atom. The SMILES string of the molecule is N#Cc1ccc(-n2cc(C(F)(F)F)c3c2CC(F)(F)C3O)cc1C#N. The van der Waals surface area contributed by atoms with E-state index < -0.39 is 35.8 Å². The number of hydrogen-bond donors (Lipinski definition) is 1. The molecule has 2 aromatic rings. The predicted octanol–water partition coefficient (Wildman–Crippen LogP) is 3.46. The number of alkyl halides is 5. The standard InChI is InChI=1S/C16H8F5N3O/c17-15(18)4-12-13(14(15)25)11(16(19,20)21)7-24(12)10-2-1-8(5-22)9(3-10)6-23/h1-3,7,14,25H,4H2. The van der Waals surface area contributed by atoms with Gasteiger partial charge in [-0.3, -0.25) is 0 Å². The highest BCUT2D eigenvalue weighted by molar-refractivity contribution is 5.54. The fourth-order valence-electron chi connectivity index (χ4n) is 2.91. The summed E-state index contributed by atoms with van der Waals surface area (Å²) in [6, 6.07) is 7.10. The minimum absolute atomic E-state index is 0.0106. The third-order valence-corrected chi connectivity index (χ3v) is 4.05. The zero-order chi connectivity index (χ0) is 18.6. The Kier molecular flexibility index (Phi) is 3.59. The molecule has 1 unspecified atom stereocenters. The maximum atomic E-state index is 13.8. The maximum Gasteiger partial charge on any atom is 0.418 e. The average molecular weight is 353 g/mol. The number of hydrogen-bond acceptors (Lipinski definition) is 3. The molecule has 1 aromatic heterocycles. The molecule has 0 bridgehead atoms. The van der Waals surface area contributed by atoms with Crippen molar-refractivity contribution in [3.8, 4) is 17.8 Å². The topological polar surface area (TPSA) is 72.7 Å². The molecule has 25 heavy (non-hydrogen) atoms. The zero-order valence-corrected chi connectivity index (χ0v) is 12.3. The summed E-state index contributed by atoms with van der Waals surface area (Å²) in [7, 11) is 0. The van der Waals surface area contributed by atoms with E-state index in [1.807, 2.05) is 0 Å². The van der Waals surface area contributed by atoms with Crippen LogP contribution in [0.25, 0.3) is 5.69 Å². The molecule has 0 radical (unpaired) electrons. The van der Waals surface area contributed by atoms with Gasteiger partial charge in [0.25, 0.3) is 5.92 Å². The van der Waals surface area contributed by atoms with Gasteiger partial charge >= 0.3 is 6.18 Å². The third kappa shape index (κ3) is 2.53. The molecule has 1 aromatic carbocycles. The lowest BCUT2D eigenvalue weighted by Gasteiger charge is -2.16. The lowest BCUT2D eigenvalue weighted by atomic mass is 10.1. The molecule has 0 saturated heterocycles. The van der Waals surface area contributed by atoms with Crippen molar-refractivity contribution in [2.75, 3.05) is 0 Å². The van der Waals surface area contributed by atoms with Crippen LogP contribution in [0.5, 0.6) is 0 Å². The van der Waals surface area contributed by atoms with Crippen LogP contribution in [0.4, 0.5) is 22.0 Å². The zero-order valence-electron chi connectivity index (χ0n) is 12.3. The van der Waals surface area contributed by atoms with Crippen molar-refractivity contribution < 1.29 is 27.1 Å². The molecule has 0 fully saturated rings. The smallest absolute Gasteiger partial charge is 0.382 e. The summed E-state index contributed by atoms with van der Waals surface area (Å²) in [5.41, 5.74) is -2.65. The summed E-state index contributed by atoms with van der Waals surface area (Å²) in [5.74, 6) is -3.72. The van der Waals surface area contributed by atoms with Crippen LogP contribution in [0.1, 0.15) is 34.1 Å². The van der Waals surface area contributed by atoms with E-state index in [0.717, 1.165) is 10.6 Å². The third-order valence-electron chi connectivity index (χ3n) is 4.05. The second kappa shape index (κ2) is 5.30. The van der Waals surface area contributed by atoms with E-state index in [-0.39, 0.29) is 22.5 Å². The second-order valence-electron chi connectivity index (χ2n) is 5.56. The molecule has 0 aliphatic heterocycles. The highest BCUT2D eigenvalue weighted by Crippen LogP contribution is 2.49. The second-order valence-corrected chi connectivity index (χ2v) is 5.56. The van der Waals surface area contributed by atoms with E-state index in [2.05, 4.69) is 0 Å². The largest absolute Gasteiger partial charge is 0.418 e. The Bertz CT molecular complexity index is 946. The molecule has 1 aliphatic rings. The number of nitriles is 2. The van der Waals surface area contributed by atoms with Gasteiger partial charge < -0.3 is 9.67 Å². The van der Waals surface area contributed by atoms with Crippen LogP contribution in [0.2, 0.25) is 0 Å². The molecule has 0 amide bonds. The van der Waals surface area contributed by atoms with Crippen LogP contribution in [0, 0.1) is 22.7 Å².